The maximum atomic E-state index is 12.5. The third kappa shape index (κ3) is 2.86. The van der Waals surface area contributed by atoms with Gasteiger partial charge in [0.05, 0.1) is 17.4 Å². The molecule has 0 saturated carbocycles. The molecule has 2 rings (SSSR count). The van der Waals surface area contributed by atoms with Crippen molar-refractivity contribution >= 4 is 21.7 Å². The zero-order valence-corrected chi connectivity index (χ0v) is 11.3. The first kappa shape index (κ1) is 13.8. The Morgan fingerprint density at radius 3 is 2.53 bits per heavy atom. The predicted octanol–water partition coefficient (Wildman–Crippen LogP) is 3.86. The van der Waals surface area contributed by atoms with Gasteiger partial charge in [0.2, 0.25) is 0 Å². The van der Waals surface area contributed by atoms with Crippen LogP contribution in [0.4, 0.5) is 13.2 Å². The van der Waals surface area contributed by atoms with Gasteiger partial charge < -0.3 is 0 Å². The molecule has 19 heavy (non-hydrogen) atoms. The predicted molar refractivity (Wildman–Crippen MR) is 66.3 cm³/mol. The first-order valence-electron chi connectivity index (χ1n) is 5.22. The Hall–Kier alpha value is -1.63. The van der Waals surface area contributed by atoms with Crippen molar-refractivity contribution in [3.05, 3.63) is 46.2 Å². The Labute approximate surface area is 115 Å². The maximum Gasteiger partial charge on any atom is 0.419 e. The highest BCUT2D eigenvalue weighted by Gasteiger charge is 2.32. The second-order valence-corrected chi connectivity index (χ2v) is 4.75. The van der Waals surface area contributed by atoms with Crippen molar-refractivity contribution in [2.75, 3.05) is 0 Å². The fourth-order valence-electron chi connectivity index (χ4n) is 1.51. The van der Waals surface area contributed by atoms with Gasteiger partial charge in [-0.3, -0.25) is 4.79 Å². The fourth-order valence-corrected chi connectivity index (χ4v) is 2.07. The Morgan fingerprint density at radius 1 is 1.37 bits per heavy atom. The standard InChI is InChI=1S/C12H8BrF3N2O/c1-7(19)8-2-3-11(10(13)4-8)18-6-9(5-17-18)12(14,15)16/h2-6H,1H3. The van der Waals surface area contributed by atoms with Crippen molar-refractivity contribution in [2.45, 2.75) is 13.1 Å². The Bertz CT molecular complexity index is 634. The molecule has 0 unspecified atom stereocenters. The summed E-state index contributed by atoms with van der Waals surface area (Å²) >= 11 is 3.22. The molecule has 0 aliphatic carbocycles. The van der Waals surface area contributed by atoms with Crippen LogP contribution in [0.15, 0.2) is 35.1 Å². The van der Waals surface area contributed by atoms with Crippen LogP contribution < -0.4 is 0 Å². The van der Waals surface area contributed by atoms with Crippen LogP contribution >= 0.6 is 15.9 Å². The summed E-state index contributed by atoms with van der Waals surface area (Å²) in [6.07, 6.45) is -2.77. The highest BCUT2D eigenvalue weighted by molar-refractivity contribution is 9.10. The van der Waals surface area contributed by atoms with Crippen LogP contribution in [0.2, 0.25) is 0 Å². The van der Waals surface area contributed by atoms with Gasteiger partial charge in [-0.2, -0.15) is 18.3 Å². The average Bonchev–Trinajstić information content (AvgIpc) is 2.77. The highest BCUT2D eigenvalue weighted by Crippen LogP contribution is 2.30. The first-order valence-corrected chi connectivity index (χ1v) is 6.01. The number of carbonyl (C=O) groups excluding carboxylic acids is 1. The number of hydrogen-bond donors (Lipinski definition) is 0. The van der Waals surface area contributed by atoms with E-state index < -0.39 is 11.7 Å². The van der Waals surface area contributed by atoms with Gasteiger partial charge in [-0.25, -0.2) is 4.68 Å². The van der Waals surface area contributed by atoms with Gasteiger partial charge in [-0.1, -0.05) is 0 Å². The second kappa shape index (κ2) is 4.80. The lowest BCUT2D eigenvalue weighted by molar-refractivity contribution is -0.137. The van der Waals surface area contributed by atoms with Crippen molar-refractivity contribution in [2.24, 2.45) is 0 Å². The number of aromatic nitrogens is 2. The molecule has 0 aliphatic heterocycles. The number of ketones is 1. The molecule has 1 aromatic heterocycles. The van der Waals surface area contributed by atoms with E-state index in [1.165, 1.54) is 19.1 Å². The van der Waals surface area contributed by atoms with Crippen molar-refractivity contribution in [1.82, 2.24) is 9.78 Å². The summed E-state index contributed by atoms with van der Waals surface area (Å²) in [5, 5.41) is 3.67. The lowest BCUT2D eigenvalue weighted by Crippen LogP contribution is -2.03. The molecule has 0 N–H and O–H groups in total. The van der Waals surface area contributed by atoms with E-state index in [9.17, 15) is 18.0 Å². The zero-order chi connectivity index (χ0) is 14.2. The average molecular weight is 333 g/mol. The number of alkyl halides is 3. The summed E-state index contributed by atoms with van der Waals surface area (Å²) in [5.74, 6) is -0.122. The third-order valence-electron chi connectivity index (χ3n) is 2.51. The van der Waals surface area contributed by atoms with Gasteiger partial charge in [0.15, 0.2) is 5.78 Å². The second-order valence-electron chi connectivity index (χ2n) is 3.89. The molecular formula is C12H8BrF3N2O. The van der Waals surface area contributed by atoms with Crippen LogP contribution in [0.3, 0.4) is 0 Å². The molecule has 0 spiro atoms. The number of nitrogens with zero attached hydrogens (tertiary/aromatic N) is 2. The summed E-state index contributed by atoms with van der Waals surface area (Å²) in [4.78, 5) is 11.2. The SMILES string of the molecule is CC(=O)c1ccc(-n2cc(C(F)(F)F)cn2)c(Br)c1. The topological polar surface area (TPSA) is 34.9 Å². The Morgan fingerprint density at radius 2 is 2.05 bits per heavy atom. The van der Waals surface area contributed by atoms with Crippen molar-refractivity contribution in [1.29, 1.82) is 0 Å². The molecule has 0 atom stereocenters. The highest BCUT2D eigenvalue weighted by atomic mass is 79.9. The van der Waals surface area contributed by atoms with Crippen LogP contribution in [0.5, 0.6) is 0 Å². The van der Waals surface area contributed by atoms with Gasteiger partial charge in [-0.05, 0) is 41.1 Å². The molecule has 100 valence electrons. The van der Waals surface area contributed by atoms with Crippen LogP contribution in [-0.4, -0.2) is 15.6 Å². The van der Waals surface area contributed by atoms with Gasteiger partial charge in [0, 0.05) is 16.2 Å². The van der Waals surface area contributed by atoms with E-state index in [2.05, 4.69) is 21.0 Å². The molecular weight excluding hydrogens is 325 g/mol. The number of carbonyl (C=O) groups is 1. The van der Waals surface area contributed by atoms with E-state index in [0.29, 0.717) is 15.7 Å². The van der Waals surface area contributed by atoms with E-state index in [1.807, 2.05) is 0 Å². The van der Waals surface area contributed by atoms with Crippen LogP contribution in [0.25, 0.3) is 5.69 Å². The number of hydrogen-bond acceptors (Lipinski definition) is 2. The summed E-state index contributed by atoms with van der Waals surface area (Å²) in [6.45, 7) is 1.41. The van der Waals surface area contributed by atoms with E-state index >= 15 is 0 Å². The molecule has 0 saturated heterocycles. The lowest BCUT2D eigenvalue weighted by atomic mass is 10.1. The van der Waals surface area contributed by atoms with Crippen LogP contribution in [0, 0.1) is 0 Å². The maximum absolute atomic E-state index is 12.5. The summed E-state index contributed by atoms with van der Waals surface area (Å²) in [5.41, 5.74) is 0.0781. The van der Waals surface area contributed by atoms with E-state index in [1.54, 1.807) is 6.07 Å². The normalized spacial score (nSPS) is 11.6. The quantitative estimate of drug-likeness (QED) is 0.783. The molecule has 0 bridgehead atoms. The molecule has 7 heteroatoms. The lowest BCUT2D eigenvalue weighted by Gasteiger charge is -2.06. The molecule has 0 amide bonds. The van der Waals surface area contributed by atoms with Crippen LogP contribution in [0.1, 0.15) is 22.8 Å². The Kier molecular flexibility index (Phi) is 3.49. The molecule has 0 radical (unpaired) electrons. The van der Waals surface area contributed by atoms with E-state index in [-0.39, 0.29) is 5.78 Å². The first-order chi connectivity index (χ1) is 8.79. The zero-order valence-electron chi connectivity index (χ0n) is 9.70. The van der Waals surface area contributed by atoms with Crippen molar-refractivity contribution in [3.63, 3.8) is 0 Å². The van der Waals surface area contributed by atoms with E-state index in [4.69, 9.17) is 0 Å². The smallest absolute Gasteiger partial charge is 0.295 e. The summed E-state index contributed by atoms with van der Waals surface area (Å²) in [6, 6.07) is 4.62. The third-order valence-corrected chi connectivity index (χ3v) is 3.15. The minimum absolute atomic E-state index is 0.122. The van der Waals surface area contributed by atoms with Gasteiger partial charge in [-0.15, -0.1) is 0 Å². The van der Waals surface area contributed by atoms with Gasteiger partial charge in [0.1, 0.15) is 0 Å². The number of benzene rings is 1. The largest absolute Gasteiger partial charge is 0.419 e. The van der Waals surface area contributed by atoms with Gasteiger partial charge in [0.25, 0.3) is 0 Å². The number of Topliss-reactive ketones (excluding diaryl/α,β-unsaturated/α-hetero) is 1. The molecule has 0 fully saturated rings. The molecule has 2 aromatic rings. The monoisotopic (exact) mass is 332 g/mol. The summed E-state index contributed by atoms with van der Waals surface area (Å²) < 4.78 is 39.0. The van der Waals surface area contributed by atoms with Gasteiger partial charge >= 0.3 is 6.18 Å². The molecule has 3 nitrogen and oxygen atoms in total. The van der Waals surface area contributed by atoms with Crippen molar-refractivity contribution < 1.29 is 18.0 Å². The molecule has 1 heterocycles. The summed E-state index contributed by atoms with van der Waals surface area (Å²) in [7, 11) is 0. The fraction of sp³-hybridized carbons (Fsp3) is 0.167. The van der Waals surface area contributed by atoms with Crippen molar-refractivity contribution in [3.8, 4) is 5.69 Å². The number of rotatable bonds is 2. The molecule has 1 aromatic carbocycles. The Balaban J connectivity index is 2.43. The number of halogens is 4. The van der Waals surface area contributed by atoms with Crippen LogP contribution in [-0.2, 0) is 6.18 Å². The molecule has 0 aliphatic rings. The van der Waals surface area contributed by atoms with E-state index in [0.717, 1.165) is 17.1 Å². The minimum atomic E-state index is -4.43. The minimum Gasteiger partial charge on any atom is -0.295 e.